The average Bonchev–Trinajstić information content (AvgIpc) is 3.88. The van der Waals surface area contributed by atoms with Crippen LogP contribution in [0, 0.1) is 0 Å². The van der Waals surface area contributed by atoms with Crippen LogP contribution in [0.2, 0.25) is 0 Å². The third-order valence-electron chi connectivity index (χ3n) is 12.2. The number of aliphatic hydroxyl groups excluding tert-OH is 3. The lowest BCUT2D eigenvalue weighted by Gasteiger charge is -2.29. The Kier molecular flexibility index (Phi) is 29.5. The Morgan fingerprint density at radius 2 is 1.12 bits per heavy atom. The van der Waals surface area contributed by atoms with E-state index in [-0.39, 0.29) is 77.1 Å². The highest BCUT2D eigenvalue weighted by molar-refractivity contribution is 5.98. The van der Waals surface area contributed by atoms with E-state index in [0.29, 0.717) is 31.2 Å². The number of aliphatic carboxylic acids is 1. The topological polar surface area (TPSA) is 508 Å². The maximum atomic E-state index is 14.3. The van der Waals surface area contributed by atoms with E-state index in [2.05, 4.69) is 42.2 Å². The summed E-state index contributed by atoms with van der Waals surface area (Å²) in [5.41, 5.74) is 33.9. The Bertz CT molecular complexity index is 2120. The molecule has 0 spiro atoms. The highest BCUT2D eigenvalue weighted by Gasteiger charge is 2.39. The van der Waals surface area contributed by atoms with E-state index in [1.165, 1.54) is 4.90 Å². The number of amides is 9. The van der Waals surface area contributed by atoms with Gasteiger partial charge in [-0.2, -0.15) is 0 Å². The number of hydrogen-bond acceptors (Lipinski definition) is 17. The first-order valence-electron chi connectivity index (χ1n) is 25.2. The van der Waals surface area contributed by atoms with Gasteiger partial charge in [0.15, 0.2) is 12.0 Å². The summed E-state index contributed by atoms with van der Waals surface area (Å²) in [6, 6.07) is -4.89. The van der Waals surface area contributed by atoms with Crippen LogP contribution in [0.1, 0.15) is 89.5 Å². The van der Waals surface area contributed by atoms with Gasteiger partial charge in [0.1, 0.15) is 48.3 Å². The predicted molar refractivity (Wildman–Crippen MR) is 274 cm³/mol. The van der Waals surface area contributed by atoms with Gasteiger partial charge in [0, 0.05) is 25.9 Å². The van der Waals surface area contributed by atoms with E-state index < -0.39 is 146 Å². The second-order valence-corrected chi connectivity index (χ2v) is 18.3. The van der Waals surface area contributed by atoms with Gasteiger partial charge in [-0.25, -0.2) is 4.79 Å². The quantitative estimate of drug-likeness (QED) is 0.0169. The van der Waals surface area contributed by atoms with Gasteiger partial charge >= 0.3 is 5.97 Å². The molecule has 1 saturated heterocycles. The normalized spacial score (nSPS) is 16.6. The Balaban J connectivity index is 2.46. The van der Waals surface area contributed by atoms with Crippen LogP contribution in [0.25, 0.3) is 0 Å². The molecule has 1 aliphatic heterocycles. The molecule has 29 heteroatoms. The summed E-state index contributed by atoms with van der Waals surface area (Å²) in [6.07, 6.45) is -0.611. The first kappa shape index (κ1) is 65.1. The highest BCUT2D eigenvalue weighted by atomic mass is 16.4. The lowest BCUT2D eigenvalue weighted by atomic mass is 10.0. The largest absolute Gasteiger partial charge is 0.480 e. The van der Waals surface area contributed by atoms with E-state index in [9.17, 15) is 68.4 Å². The summed E-state index contributed by atoms with van der Waals surface area (Å²) in [5, 5.41) is 56.7. The number of nitrogens with zero attached hydrogens (tertiary/aromatic N) is 2. The van der Waals surface area contributed by atoms with E-state index in [1.807, 2.05) is 0 Å². The number of nitrogens with two attached hydrogens (primary N) is 6. The van der Waals surface area contributed by atoms with E-state index >= 15 is 0 Å². The number of benzene rings is 1. The third-order valence-corrected chi connectivity index (χ3v) is 12.2. The number of unbranched alkanes of at least 4 members (excludes halogenated alkanes) is 2. The highest BCUT2D eigenvalue weighted by Crippen LogP contribution is 2.19. The van der Waals surface area contributed by atoms with E-state index in [0.717, 1.165) is 6.92 Å². The number of aliphatic hydroxyl groups is 3. The smallest absolute Gasteiger partial charge is 0.328 e. The number of aliphatic imine (C=N–C) groups is 1. The molecule has 0 unspecified atom stereocenters. The monoisotopic (exact) mass is 1080 g/mol. The molecule has 2 rings (SSSR count). The molecule has 0 aromatic heterocycles. The van der Waals surface area contributed by atoms with Crippen molar-refractivity contribution in [3.05, 3.63) is 35.9 Å². The van der Waals surface area contributed by atoms with Crippen molar-refractivity contribution < 1.29 is 68.4 Å². The summed E-state index contributed by atoms with van der Waals surface area (Å²) >= 11 is 0. The van der Waals surface area contributed by atoms with Crippen LogP contribution in [0.3, 0.4) is 0 Å². The van der Waals surface area contributed by atoms with Gasteiger partial charge in [0.05, 0.1) is 19.3 Å². The van der Waals surface area contributed by atoms with E-state index in [4.69, 9.17) is 34.4 Å². The minimum Gasteiger partial charge on any atom is -0.480 e. The molecule has 1 aliphatic rings. The molecule has 0 bridgehead atoms. The van der Waals surface area contributed by atoms with Gasteiger partial charge in [-0.1, -0.05) is 30.3 Å². The molecule has 9 amide bonds. The van der Waals surface area contributed by atoms with Crippen molar-refractivity contribution in [2.24, 2.45) is 39.4 Å². The van der Waals surface area contributed by atoms with Crippen LogP contribution in [-0.4, -0.2) is 190 Å². The minimum atomic E-state index is -1.76. The number of nitrogens with one attached hydrogen (secondary N) is 7. The molecule has 23 N–H and O–H groups in total. The van der Waals surface area contributed by atoms with Crippen LogP contribution >= 0.6 is 0 Å². The average molecular weight is 1080 g/mol. The van der Waals surface area contributed by atoms with Gasteiger partial charge in [-0.05, 0) is 96.2 Å². The summed E-state index contributed by atoms with van der Waals surface area (Å²) < 4.78 is 0. The Morgan fingerprint density at radius 3 is 1.61 bits per heavy atom. The molecular weight excluding hydrogens is 999 g/mol. The number of carboxylic acids is 1. The van der Waals surface area contributed by atoms with Gasteiger partial charge in [0.2, 0.25) is 53.2 Å². The number of carbonyl (C=O) groups excluding carboxylic acids is 9. The lowest BCUT2D eigenvalue weighted by Crippen LogP contribution is -2.61. The molecule has 0 saturated carbocycles. The molecule has 10 atom stereocenters. The fourth-order valence-electron chi connectivity index (χ4n) is 7.97. The molecule has 1 aromatic rings. The maximum absolute atomic E-state index is 14.3. The summed E-state index contributed by atoms with van der Waals surface area (Å²) in [7, 11) is 0. The van der Waals surface area contributed by atoms with Crippen LogP contribution < -0.4 is 71.6 Å². The number of rotatable bonds is 36. The molecule has 76 heavy (non-hydrogen) atoms. The summed E-state index contributed by atoms with van der Waals surface area (Å²) in [6.45, 7) is 0.0825. The van der Waals surface area contributed by atoms with Crippen LogP contribution in [0.15, 0.2) is 35.3 Å². The van der Waals surface area contributed by atoms with Crippen molar-refractivity contribution in [3.8, 4) is 0 Å². The molecule has 29 nitrogen and oxygen atoms in total. The second kappa shape index (κ2) is 34.5. The van der Waals surface area contributed by atoms with E-state index in [1.54, 1.807) is 30.3 Å². The zero-order valence-electron chi connectivity index (χ0n) is 42.8. The number of primary amides is 1. The fourth-order valence-corrected chi connectivity index (χ4v) is 7.97. The van der Waals surface area contributed by atoms with Crippen molar-refractivity contribution in [2.45, 2.75) is 151 Å². The summed E-state index contributed by atoms with van der Waals surface area (Å²) in [4.78, 5) is 139. The van der Waals surface area contributed by atoms with Crippen molar-refractivity contribution in [1.82, 2.24) is 42.1 Å². The number of carbonyl (C=O) groups is 10. The van der Waals surface area contributed by atoms with Crippen LogP contribution in [0.4, 0.5) is 0 Å². The molecule has 1 aromatic carbocycles. The van der Waals surface area contributed by atoms with Crippen molar-refractivity contribution in [3.63, 3.8) is 0 Å². The van der Waals surface area contributed by atoms with Gasteiger partial charge in [0.25, 0.3) is 0 Å². The van der Waals surface area contributed by atoms with Crippen molar-refractivity contribution in [2.75, 3.05) is 39.4 Å². The third kappa shape index (κ3) is 22.8. The zero-order chi connectivity index (χ0) is 56.9. The maximum Gasteiger partial charge on any atom is 0.328 e. The number of likely N-dealkylation sites (tertiary alicyclic amines) is 1. The summed E-state index contributed by atoms with van der Waals surface area (Å²) in [5.74, 6) is -9.94. The molecule has 426 valence electrons. The SMILES string of the molecule is C[C@@H](O)[C@H](NC(=O)[C@H](CCCCN)NC(=O)[C@H](CCCCN)NC(=O)[C@H](CCC(N)=O)NC(=O)[C@H](Cc1ccccc1)NC(=O)[C@H](CO)NC(=O)[C@H](CCCN=C(N)N)NC(=O)[C@@H]1CCCN1C(=O)[C@@H](N)CO)C(=O)O. The molecule has 1 heterocycles. The first-order valence-corrected chi connectivity index (χ1v) is 25.2. The Hall–Kier alpha value is -7.05. The van der Waals surface area contributed by atoms with Crippen LogP contribution in [0.5, 0.6) is 0 Å². The Labute approximate surface area is 440 Å². The van der Waals surface area contributed by atoms with Crippen molar-refractivity contribution in [1.29, 1.82) is 0 Å². The standard InChI is InChI=1S/C47H79N15O14/c1-26(65)37(46(75)76)61-41(70)30(14-6-8-20-49)56-38(67)29(13-5-7-19-48)55-40(69)32(17-18-36(51)66)57-42(71)33(23-27-11-3-2-4-12-27)59-43(72)34(25-64)60-39(68)31(15-9-21-54-47(52)53)58-44(73)35-16-10-22-62(35)45(74)28(50)24-63/h2-4,11-12,26,28-35,37,63-65H,5-10,13-25,48-50H2,1H3,(H2,51,66)(H,55,69)(H,56,67)(H,57,71)(H,58,73)(H,59,72)(H,60,68)(H,61,70)(H,75,76)(H4,52,53,54)/t26-,28+,29+,30+,31+,32+,33+,34+,35+,37+/m1/s1. The predicted octanol–water partition coefficient (Wildman–Crippen LogP) is -7.03. The van der Waals surface area contributed by atoms with Crippen molar-refractivity contribution >= 4 is 65.1 Å². The fraction of sp³-hybridized carbons (Fsp3) is 0.638. The van der Waals surface area contributed by atoms with Gasteiger partial charge < -0.3 is 96.9 Å². The van der Waals surface area contributed by atoms with Crippen LogP contribution in [-0.2, 0) is 54.4 Å². The first-order chi connectivity index (χ1) is 36.1. The minimum absolute atomic E-state index is 0.0139. The zero-order valence-corrected chi connectivity index (χ0v) is 42.8. The number of hydrogen-bond donors (Lipinski definition) is 17. The molecule has 0 radical (unpaired) electrons. The van der Waals surface area contributed by atoms with Gasteiger partial charge in [-0.15, -0.1) is 0 Å². The Morgan fingerprint density at radius 1 is 0.645 bits per heavy atom. The molecular formula is C47H79N15O14. The number of carboxylic acid groups (broad SMARTS) is 1. The lowest BCUT2D eigenvalue weighted by molar-refractivity contribution is -0.145. The van der Waals surface area contributed by atoms with Gasteiger partial charge in [-0.3, -0.25) is 48.1 Å². The number of guanidine groups is 1. The molecule has 1 fully saturated rings. The molecule has 0 aliphatic carbocycles. The second-order valence-electron chi connectivity index (χ2n) is 18.3.